The van der Waals surface area contributed by atoms with E-state index in [1.807, 2.05) is 18.2 Å². The van der Waals surface area contributed by atoms with Gasteiger partial charge in [0.2, 0.25) is 0 Å². The molecule has 1 fully saturated rings. The molecule has 0 aromatic heterocycles. The number of rotatable bonds is 12. The lowest BCUT2D eigenvalue weighted by molar-refractivity contribution is -0.140. The summed E-state index contributed by atoms with van der Waals surface area (Å²) in [6, 6.07) is 10.3. The van der Waals surface area contributed by atoms with Crippen molar-refractivity contribution in [1.82, 2.24) is 5.32 Å². The molecule has 0 saturated heterocycles. The van der Waals surface area contributed by atoms with E-state index < -0.39 is 0 Å². The van der Waals surface area contributed by atoms with Gasteiger partial charge in [-0.1, -0.05) is 36.8 Å². The number of ether oxygens (including phenoxy) is 2. The van der Waals surface area contributed by atoms with Gasteiger partial charge in [-0.2, -0.15) is 0 Å². The molecule has 0 heterocycles. The van der Waals surface area contributed by atoms with Gasteiger partial charge < -0.3 is 14.8 Å². The van der Waals surface area contributed by atoms with Crippen LogP contribution in [0, 0.1) is 5.41 Å². The SMILES string of the molecule is COC(=O)CCCCCNCC1(COCc2ccccc2)CC1. The van der Waals surface area contributed by atoms with Crippen molar-refractivity contribution in [3.05, 3.63) is 35.9 Å². The number of benzene rings is 1. The fourth-order valence-electron chi connectivity index (χ4n) is 2.66. The van der Waals surface area contributed by atoms with Crippen LogP contribution in [0.4, 0.5) is 0 Å². The summed E-state index contributed by atoms with van der Waals surface area (Å²) in [5.41, 5.74) is 1.60. The van der Waals surface area contributed by atoms with Crippen molar-refractivity contribution >= 4 is 5.97 Å². The molecule has 0 atom stereocenters. The number of carbonyl (C=O) groups excluding carboxylic acids is 1. The molecule has 1 aliphatic rings. The Kier molecular flexibility index (Phi) is 7.56. The molecule has 1 N–H and O–H groups in total. The number of carbonyl (C=O) groups is 1. The van der Waals surface area contributed by atoms with Crippen molar-refractivity contribution in [3.8, 4) is 0 Å². The number of unbranched alkanes of at least 4 members (excludes halogenated alkanes) is 2. The lowest BCUT2D eigenvalue weighted by atomic mass is 10.1. The first-order valence-corrected chi connectivity index (χ1v) is 8.63. The highest BCUT2D eigenvalue weighted by Gasteiger charge is 2.42. The Morgan fingerprint density at radius 2 is 1.96 bits per heavy atom. The zero-order chi connectivity index (χ0) is 16.4. The van der Waals surface area contributed by atoms with Gasteiger partial charge in [0, 0.05) is 18.4 Å². The Balaban J connectivity index is 1.48. The van der Waals surface area contributed by atoms with E-state index in [4.69, 9.17) is 4.74 Å². The summed E-state index contributed by atoms with van der Waals surface area (Å²) >= 11 is 0. The minimum absolute atomic E-state index is 0.106. The number of hydrogen-bond acceptors (Lipinski definition) is 4. The maximum Gasteiger partial charge on any atom is 0.305 e. The van der Waals surface area contributed by atoms with Crippen LogP contribution in [0.2, 0.25) is 0 Å². The number of nitrogens with one attached hydrogen (secondary N) is 1. The molecule has 23 heavy (non-hydrogen) atoms. The van der Waals surface area contributed by atoms with Gasteiger partial charge in [0.25, 0.3) is 0 Å². The summed E-state index contributed by atoms with van der Waals surface area (Å²) in [5.74, 6) is -0.106. The maximum absolute atomic E-state index is 11.0. The standard InChI is InChI=1S/C19H29NO3/c1-22-18(21)10-6-3-7-13-20-15-19(11-12-19)16-23-14-17-8-4-2-5-9-17/h2,4-5,8-9,20H,3,6-7,10-16H2,1H3. The fourth-order valence-corrected chi connectivity index (χ4v) is 2.66. The van der Waals surface area contributed by atoms with Crippen LogP contribution in [-0.4, -0.2) is 32.8 Å². The van der Waals surface area contributed by atoms with Crippen molar-refractivity contribution in [3.63, 3.8) is 0 Å². The summed E-state index contributed by atoms with van der Waals surface area (Å²) in [7, 11) is 1.44. The smallest absolute Gasteiger partial charge is 0.305 e. The lowest BCUT2D eigenvalue weighted by Gasteiger charge is -2.16. The van der Waals surface area contributed by atoms with E-state index in [9.17, 15) is 4.79 Å². The average molecular weight is 319 g/mol. The molecule has 4 nitrogen and oxygen atoms in total. The molecule has 1 aromatic rings. The van der Waals surface area contributed by atoms with Gasteiger partial charge in [-0.25, -0.2) is 0 Å². The maximum atomic E-state index is 11.0. The van der Waals surface area contributed by atoms with Crippen LogP contribution in [0.15, 0.2) is 30.3 Å². The fraction of sp³-hybridized carbons (Fsp3) is 0.632. The van der Waals surface area contributed by atoms with Crippen LogP contribution in [0.3, 0.4) is 0 Å². The first-order chi connectivity index (χ1) is 11.2. The largest absolute Gasteiger partial charge is 0.469 e. The van der Waals surface area contributed by atoms with E-state index in [2.05, 4.69) is 22.2 Å². The highest BCUT2D eigenvalue weighted by Crippen LogP contribution is 2.45. The third kappa shape index (κ3) is 7.14. The molecule has 1 aliphatic carbocycles. The molecule has 0 unspecified atom stereocenters. The van der Waals surface area contributed by atoms with Crippen molar-refractivity contribution in [2.24, 2.45) is 5.41 Å². The average Bonchev–Trinajstić information content (AvgIpc) is 3.34. The van der Waals surface area contributed by atoms with Gasteiger partial charge in [0.1, 0.15) is 0 Å². The zero-order valence-corrected chi connectivity index (χ0v) is 14.2. The predicted molar refractivity (Wildman–Crippen MR) is 91.1 cm³/mol. The Morgan fingerprint density at radius 1 is 1.17 bits per heavy atom. The highest BCUT2D eigenvalue weighted by molar-refractivity contribution is 5.68. The van der Waals surface area contributed by atoms with Gasteiger partial charge in [-0.05, 0) is 37.8 Å². The minimum Gasteiger partial charge on any atom is -0.469 e. The molecule has 0 bridgehead atoms. The molecule has 1 saturated carbocycles. The summed E-state index contributed by atoms with van der Waals surface area (Å²) in [6.45, 7) is 3.60. The predicted octanol–water partition coefficient (Wildman–Crippen LogP) is 3.31. The van der Waals surface area contributed by atoms with E-state index in [0.29, 0.717) is 18.4 Å². The molecule has 4 heteroatoms. The van der Waals surface area contributed by atoms with Gasteiger partial charge in [-0.3, -0.25) is 4.79 Å². The van der Waals surface area contributed by atoms with E-state index in [1.54, 1.807) is 0 Å². The van der Waals surface area contributed by atoms with E-state index in [1.165, 1.54) is 25.5 Å². The van der Waals surface area contributed by atoms with Gasteiger partial charge >= 0.3 is 5.97 Å². The summed E-state index contributed by atoms with van der Waals surface area (Å²) in [5, 5.41) is 3.54. The highest BCUT2D eigenvalue weighted by atomic mass is 16.5. The molecule has 128 valence electrons. The molecule has 0 spiro atoms. The topological polar surface area (TPSA) is 47.6 Å². The van der Waals surface area contributed by atoms with Crippen LogP contribution in [-0.2, 0) is 20.9 Å². The second kappa shape index (κ2) is 9.68. The monoisotopic (exact) mass is 319 g/mol. The summed E-state index contributed by atoms with van der Waals surface area (Å²) in [6.07, 6.45) is 6.15. The normalized spacial score (nSPS) is 15.3. The Hall–Kier alpha value is -1.39. The second-order valence-electron chi connectivity index (χ2n) is 6.54. The van der Waals surface area contributed by atoms with Crippen LogP contribution in [0.1, 0.15) is 44.1 Å². The zero-order valence-electron chi connectivity index (χ0n) is 14.2. The molecular formula is C19H29NO3. The quantitative estimate of drug-likeness (QED) is 0.474. The van der Waals surface area contributed by atoms with Gasteiger partial charge in [-0.15, -0.1) is 0 Å². The Labute approximate surface area is 139 Å². The third-order valence-corrected chi connectivity index (χ3v) is 4.44. The van der Waals surface area contributed by atoms with Gasteiger partial charge in [0.05, 0.1) is 20.3 Å². The molecule has 0 radical (unpaired) electrons. The Bertz CT molecular complexity index is 457. The van der Waals surface area contributed by atoms with Crippen LogP contribution in [0.25, 0.3) is 0 Å². The molecule has 0 amide bonds. The summed E-state index contributed by atoms with van der Waals surface area (Å²) < 4.78 is 10.5. The lowest BCUT2D eigenvalue weighted by Crippen LogP contribution is -2.28. The number of methoxy groups -OCH3 is 1. The van der Waals surface area contributed by atoms with Crippen molar-refractivity contribution in [2.45, 2.75) is 45.1 Å². The minimum atomic E-state index is -0.106. The molecular weight excluding hydrogens is 290 g/mol. The molecule has 2 rings (SSSR count). The number of hydrogen-bond donors (Lipinski definition) is 1. The van der Waals surface area contributed by atoms with Crippen LogP contribution >= 0.6 is 0 Å². The van der Waals surface area contributed by atoms with Crippen LogP contribution < -0.4 is 5.32 Å². The number of esters is 1. The van der Waals surface area contributed by atoms with E-state index in [0.717, 1.165) is 39.0 Å². The van der Waals surface area contributed by atoms with Crippen molar-refractivity contribution < 1.29 is 14.3 Å². The Morgan fingerprint density at radius 3 is 2.65 bits per heavy atom. The second-order valence-corrected chi connectivity index (χ2v) is 6.54. The van der Waals surface area contributed by atoms with E-state index >= 15 is 0 Å². The van der Waals surface area contributed by atoms with Crippen molar-refractivity contribution in [1.29, 1.82) is 0 Å². The first-order valence-electron chi connectivity index (χ1n) is 8.63. The van der Waals surface area contributed by atoms with Crippen LogP contribution in [0.5, 0.6) is 0 Å². The molecule has 0 aliphatic heterocycles. The van der Waals surface area contributed by atoms with E-state index in [-0.39, 0.29) is 5.97 Å². The molecule has 1 aromatic carbocycles. The van der Waals surface area contributed by atoms with Gasteiger partial charge in [0.15, 0.2) is 0 Å². The summed E-state index contributed by atoms with van der Waals surface area (Å²) in [4.78, 5) is 11.0. The first kappa shape index (κ1) is 18.0. The third-order valence-electron chi connectivity index (χ3n) is 4.44. The van der Waals surface area contributed by atoms with Crippen molar-refractivity contribution in [2.75, 3.05) is 26.8 Å².